The number of carbonyl (C=O) groups is 2. The molecule has 0 aromatic heterocycles. The van der Waals surface area contributed by atoms with Gasteiger partial charge in [-0.05, 0) is 25.0 Å². The third-order valence-corrected chi connectivity index (χ3v) is 3.44. The number of amides is 2. The molecule has 1 aliphatic rings. The summed E-state index contributed by atoms with van der Waals surface area (Å²) >= 11 is 0. The molecule has 102 valence electrons. The van der Waals surface area contributed by atoms with Crippen molar-refractivity contribution < 1.29 is 14.7 Å². The van der Waals surface area contributed by atoms with Crippen LogP contribution >= 0.6 is 0 Å². The van der Waals surface area contributed by atoms with E-state index in [1.54, 1.807) is 37.1 Å². The Morgan fingerprint density at radius 1 is 1.47 bits per heavy atom. The molecular formula is C14H18N2O3. The lowest BCUT2D eigenvalue weighted by atomic mass is 10.0. The molecule has 2 rings (SSSR count). The Balaban J connectivity index is 2.05. The van der Waals surface area contributed by atoms with Crippen molar-refractivity contribution in [3.63, 3.8) is 0 Å². The number of carbonyl (C=O) groups excluding carboxylic acids is 2. The number of piperidine rings is 1. The van der Waals surface area contributed by atoms with E-state index in [0.717, 1.165) is 0 Å². The van der Waals surface area contributed by atoms with Crippen molar-refractivity contribution >= 4 is 11.8 Å². The normalized spacial score (nSPS) is 19.4. The number of hydrogen-bond donors (Lipinski definition) is 2. The van der Waals surface area contributed by atoms with Gasteiger partial charge in [-0.15, -0.1) is 0 Å². The minimum atomic E-state index is -0.297. The summed E-state index contributed by atoms with van der Waals surface area (Å²) in [6.07, 6.45) is 1.09. The molecule has 1 aromatic carbocycles. The van der Waals surface area contributed by atoms with Gasteiger partial charge < -0.3 is 15.3 Å². The van der Waals surface area contributed by atoms with E-state index in [2.05, 4.69) is 5.32 Å². The number of rotatable bonds is 2. The number of para-hydroxylation sites is 1. The zero-order valence-corrected chi connectivity index (χ0v) is 11.1. The molecule has 0 spiro atoms. The maximum Gasteiger partial charge on any atom is 0.255 e. The van der Waals surface area contributed by atoms with Gasteiger partial charge in [-0.1, -0.05) is 12.1 Å². The molecule has 5 heteroatoms. The van der Waals surface area contributed by atoms with Crippen LogP contribution in [-0.4, -0.2) is 41.5 Å². The van der Waals surface area contributed by atoms with Gasteiger partial charge in [0.05, 0.1) is 5.56 Å². The lowest BCUT2D eigenvalue weighted by Crippen LogP contribution is -2.48. The zero-order valence-electron chi connectivity index (χ0n) is 11.1. The van der Waals surface area contributed by atoms with Crippen molar-refractivity contribution in [3.8, 4) is 5.75 Å². The summed E-state index contributed by atoms with van der Waals surface area (Å²) in [6.45, 7) is 2.26. The number of hydrogen-bond acceptors (Lipinski definition) is 3. The summed E-state index contributed by atoms with van der Waals surface area (Å²) in [4.78, 5) is 25.1. The SMILES string of the molecule is Cc1cccc(C(=O)NC2CCC(=O)N(C)C2)c1O. The lowest BCUT2D eigenvalue weighted by Gasteiger charge is -2.30. The number of nitrogens with one attached hydrogen (secondary N) is 1. The quantitative estimate of drug-likeness (QED) is 0.837. The molecule has 1 aliphatic heterocycles. The number of likely N-dealkylation sites (tertiary alicyclic amines) is 1. The van der Waals surface area contributed by atoms with Crippen LogP contribution in [0.5, 0.6) is 5.75 Å². The van der Waals surface area contributed by atoms with Crippen LogP contribution in [0.1, 0.15) is 28.8 Å². The second kappa shape index (κ2) is 5.30. The predicted molar refractivity (Wildman–Crippen MR) is 71.0 cm³/mol. The Morgan fingerprint density at radius 3 is 2.89 bits per heavy atom. The molecule has 1 saturated heterocycles. The Labute approximate surface area is 112 Å². The largest absolute Gasteiger partial charge is 0.507 e. The fourth-order valence-electron chi connectivity index (χ4n) is 2.24. The molecule has 0 radical (unpaired) electrons. The first kappa shape index (κ1) is 13.4. The second-order valence-electron chi connectivity index (χ2n) is 4.95. The van der Waals surface area contributed by atoms with Gasteiger partial charge in [0.2, 0.25) is 5.91 Å². The Bertz CT molecular complexity index is 513. The van der Waals surface area contributed by atoms with Crippen LogP contribution < -0.4 is 5.32 Å². The molecule has 1 heterocycles. The topological polar surface area (TPSA) is 69.6 Å². The van der Waals surface area contributed by atoms with Crippen LogP contribution in [0, 0.1) is 6.92 Å². The number of phenols is 1. The molecule has 1 unspecified atom stereocenters. The van der Waals surface area contributed by atoms with E-state index in [0.29, 0.717) is 24.9 Å². The highest BCUT2D eigenvalue weighted by molar-refractivity contribution is 5.97. The summed E-state index contributed by atoms with van der Waals surface area (Å²) in [5.74, 6) is -0.182. The molecule has 2 amide bonds. The second-order valence-corrected chi connectivity index (χ2v) is 4.95. The molecule has 2 N–H and O–H groups in total. The highest BCUT2D eigenvalue weighted by Crippen LogP contribution is 2.21. The van der Waals surface area contributed by atoms with Crippen molar-refractivity contribution in [1.82, 2.24) is 10.2 Å². The highest BCUT2D eigenvalue weighted by atomic mass is 16.3. The van der Waals surface area contributed by atoms with Gasteiger partial charge in [0.15, 0.2) is 0 Å². The van der Waals surface area contributed by atoms with E-state index in [9.17, 15) is 14.7 Å². The maximum atomic E-state index is 12.1. The first-order valence-corrected chi connectivity index (χ1v) is 6.32. The summed E-state index contributed by atoms with van der Waals surface area (Å²) in [6, 6.07) is 5.02. The molecule has 0 saturated carbocycles. The summed E-state index contributed by atoms with van der Waals surface area (Å²) in [5, 5.41) is 12.7. The average molecular weight is 262 g/mol. The molecule has 1 atom stereocenters. The van der Waals surface area contributed by atoms with Crippen molar-refractivity contribution in [1.29, 1.82) is 0 Å². The van der Waals surface area contributed by atoms with E-state index in [1.165, 1.54) is 0 Å². The summed E-state index contributed by atoms with van der Waals surface area (Å²) < 4.78 is 0. The number of aromatic hydroxyl groups is 1. The smallest absolute Gasteiger partial charge is 0.255 e. The van der Waals surface area contributed by atoms with Crippen molar-refractivity contribution in [2.45, 2.75) is 25.8 Å². The van der Waals surface area contributed by atoms with Gasteiger partial charge in [0.1, 0.15) is 5.75 Å². The van der Waals surface area contributed by atoms with Gasteiger partial charge in [-0.3, -0.25) is 9.59 Å². The first-order chi connectivity index (χ1) is 8.99. The summed E-state index contributed by atoms with van der Waals surface area (Å²) in [5.41, 5.74) is 0.947. The Kier molecular flexibility index (Phi) is 3.74. The van der Waals surface area contributed by atoms with Crippen molar-refractivity contribution in [3.05, 3.63) is 29.3 Å². The van der Waals surface area contributed by atoms with Crippen LogP contribution in [0.4, 0.5) is 0 Å². The molecule has 1 aromatic rings. The lowest BCUT2D eigenvalue weighted by molar-refractivity contribution is -0.132. The van der Waals surface area contributed by atoms with Crippen molar-refractivity contribution in [2.24, 2.45) is 0 Å². The van der Waals surface area contributed by atoms with Gasteiger partial charge in [-0.2, -0.15) is 0 Å². The molecular weight excluding hydrogens is 244 g/mol. The molecule has 19 heavy (non-hydrogen) atoms. The summed E-state index contributed by atoms with van der Waals surface area (Å²) in [7, 11) is 1.73. The van der Waals surface area contributed by atoms with Gasteiger partial charge >= 0.3 is 0 Å². The molecule has 0 bridgehead atoms. The van der Waals surface area contributed by atoms with Crippen LogP contribution in [0.25, 0.3) is 0 Å². The number of likely N-dealkylation sites (N-methyl/N-ethyl adjacent to an activating group) is 1. The maximum absolute atomic E-state index is 12.1. The van der Waals surface area contributed by atoms with Gasteiger partial charge in [0.25, 0.3) is 5.91 Å². The third-order valence-electron chi connectivity index (χ3n) is 3.44. The standard InChI is InChI=1S/C14H18N2O3/c1-9-4-3-5-11(13(9)18)14(19)15-10-6-7-12(17)16(2)8-10/h3-5,10,18H,6-8H2,1-2H3,(H,15,19). The first-order valence-electron chi connectivity index (χ1n) is 6.32. The monoisotopic (exact) mass is 262 g/mol. The predicted octanol–water partition coefficient (Wildman–Crippen LogP) is 1.05. The van der Waals surface area contributed by atoms with Crippen LogP contribution in [0.3, 0.4) is 0 Å². The number of benzene rings is 1. The fourth-order valence-corrected chi connectivity index (χ4v) is 2.24. The zero-order chi connectivity index (χ0) is 14.0. The van der Waals surface area contributed by atoms with E-state index < -0.39 is 0 Å². The third kappa shape index (κ3) is 2.86. The van der Waals surface area contributed by atoms with E-state index in [-0.39, 0.29) is 29.2 Å². The van der Waals surface area contributed by atoms with E-state index in [1.807, 2.05) is 0 Å². The minimum Gasteiger partial charge on any atom is -0.507 e. The van der Waals surface area contributed by atoms with Gasteiger partial charge in [0, 0.05) is 26.1 Å². The van der Waals surface area contributed by atoms with Crippen LogP contribution in [-0.2, 0) is 4.79 Å². The molecule has 0 aliphatic carbocycles. The molecule has 1 fully saturated rings. The number of aryl methyl sites for hydroxylation is 1. The number of phenolic OH excluding ortho intramolecular Hbond substituents is 1. The van der Waals surface area contributed by atoms with E-state index >= 15 is 0 Å². The Morgan fingerprint density at radius 2 is 2.21 bits per heavy atom. The molecule has 5 nitrogen and oxygen atoms in total. The Hall–Kier alpha value is -2.04. The average Bonchev–Trinajstić information content (AvgIpc) is 2.37. The van der Waals surface area contributed by atoms with Crippen LogP contribution in [0.2, 0.25) is 0 Å². The number of nitrogens with zero attached hydrogens (tertiary/aromatic N) is 1. The van der Waals surface area contributed by atoms with Crippen molar-refractivity contribution in [2.75, 3.05) is 13.6 Å². The minimum absolute atomic E-state index is 0.0141. The van der Waals surface area contributed by atoms with E-state index in [4.69, 9.17) is 0 Å². The van der Waals surface area contributed by atoms with Gasteiger partial charge in [-0.25, -0.2) is 0 Å². The highest BCUT2D eigenvalue weighted by Gasteiger charge is 2.25. The fraction of sp³-hybridized carbons (Fsp3) is 0.429. The van der Waals surface area contributed by atoms with Crippen LogP contribution in [0.15, 0.2) is 18.2 Å².